The van der Waals surface area contributed by atoms with Gasteiger partial charge in [0.25, 0.3) is 11.8 Å². The predicted octanol–water partition coefficient (Wildman–Crippen LogP) is 3.81. The third-order valence-electron chi connectivity index (χ3n) is 4.17. The second kappa shape index (κ2) is 7.92. The number of halogens is 2. The summed E-state index contributed by atoms with van der Waals surface area (Å²) in [5, 5.41) is 12.1. The zero-order chi connectivity index (χ0) is 19.7. The van der Waals surface area contributed by atoms with Crippen molar-refractivity contribution in [1.82, 2.24) is 15.1 Å². The van der Waals surface area contributed by atoms with Gasteiger partial charge in [0.2, 0.25) is 11.0 Å². The molecule has 7 nitrogen and oxygen atoms in total. The number of amides is 3. The highest BCUT2D eigenvalue weighted by molar-refractivity contribution is 7.15. The van der Waals surface area contributed by atoms with E-state index in [1.165, 1.54) is 30.4 Å². The molecule has 0 saturated carbocycles. The van der Waals surface area contributed by atoms with Crippen molar-refractivity contribution in [3.63, 3.8) is 0 Å². The van der Waals surface area contributed by atoms with Gasteiger partial charge in [-0.2, -0.15) is 0 Å². The van der Waals surface area contributed by atoms with Gasteiger partial charge in [0.05, 0.1) is 21.2 Å². The fourth-order valence-corrected chi connectivity index (χ4v) is 3.78. The maximum atomic E-state index is 12.6. The molecule has 1 atom stereocenters. The second-order valence-electron chi connectivity index (χ2n) is 6.06. The van der Waals surface area contributed by atoms with Gasteiger partial charge in [-0.15, -0.1) is 10.2 Å². The molecule has 10 heteroatoms. The van der Waals surface area contributed by atoms with Crippen molar-refractivity contribution in [3.05, 3.63) is 38.3 Å². The van der Waals surface area contributed by atoms with E-state index in [4.69, 9.17) is 23.2 Å². The molecule has 0 bridgehead atoms. The zero-order valence-corrected chi connectivity index (χ0v) is 16.9. The third-order valence-corrected chi connectivity index (χ3v) is 5.79. The highest BCUT2D eigenvalue weighted by Crippen LogP contribution is 2.32. The monoisotopic (exact) mass is 426 g/mol. The van der Waals surface area contributed by atoms with Gasteiger partial charge >= 0.3 is 0 Å². The zero-order valence-electron chi connectivity index (χ0n) is 14.6. The number of fused-ring (bicyclic) bond motifs is 1. The number of hydrogen-bond acceptors (Lipinski definition) is 6. The quantitative estimate of drug-likeness (QED) is 0.708. The Labute approximate surface area is 169 Å². The van der Waals surface area contributed by atoms with Gasteiger partial charge in [-0.3, -0.25) is 24.6 Å². The van der Waals surface area contributed by atoms with Crippen LogP contribution in [-0.4, -0.2) is 38.9 Å². The average Bonchev–Trinajstić information content (AvgIpc) is 3.17. The molecule has 0 aliphatic carbocycles. The number of aryl methyl sites for hydroxylation is 1. The third kappa shape index (κ3) is 3.83. The van der Waals surface area contributed by atoms with Gasteiger partial charge in [-0.25, -0.2) is 0 Å². The Balaban J connectivity index is 1.74. The molecule has 1 aromatic carbocycles. The minimum absolute atomic E-state index is 0.131. The molecule has 1 unspecified atom stereocenters. The SMILES string of the molecule is CCCCc1nnc(NC(=O)C(C)N2C(=O)c3cc(Cl)c(Cl)cc3C2=O)s1. The Bertz CT molecular complexity index is 890. The summed E-state index contributed by atoms with van der Waals surface area (Å²) < 4.78 is 0. The number of hydrogen-bond donors (Lipinski definition) is 1. The van der Waals surface area contributed by atoms with Crippen molar-refractivity contribution in [3.8, 4) is 0 Å². The van der Waals surface area contributed by atoms with Gasteiger partial charge in [-0.05, 0) is 25.5 Å². The van der Waals surface area contributed by atoms with Crippen LogP contribution in [-0.2, 0) is 11.2 Å². The lowest BCUT2D eigenvalue weighted by atomic mass is 10.1. The fourth-order valence-electron chi connectivity index (χ4n) is 2.66. The highest BCUT2D eigenvalue weighted by atomic mass is 35.5. The standard InChI is InChI=1S/C17H16Cl2N4O3S/c1-3-4-5-13-21-22-17(27-13)20-14(24)8(2)23-15(25)9-6-11(18)12(19)7-10(9)16(23)26/h6-8H,3-5H2,1-2H3,(H,20,22,24). The number of anilines is 1. The van der Waals surface area contributed by atoms with Crippen LogP contribution >= 0.6 is 34.5 Å². The molecule has 0 spiro atoms. The first-order valence-corrected chi connectivity index (χ1v) is 9.91. The molecule has 142 valence electrons. The molecule has 1 N–H and O–H groups in total. The van der Waals surface area contributed by atoms with Gasteiger partial charge in [0.1, 0.15) is 11.0 Å². The van der Waals surface area contributed by atoms with Crippen molar-refractivity contribution >= 4 is 57.4 Å². The molecule has 1 aliphatic heterocycles. The van der Waals surface area contributed by atoms with E-state index in [9.17, 15) is 14.4 Å². The number of benzene rings is 1. The molecule has 27 heavy (non-hydrogen) atoms. The smallest absolute Gasteiger partial charge is 0.262 e. The maximum absolute atomic E-state index is 12.6. The number of unbranched alkanes of at least 4 members (excludes halogenated alkanes) is 1. The van der Waals surface area contributed by atoms with Crippen LogP contribution in [0.15, 0.2) is 12.1 Å². The van der Waals surface area contributed by atoms with Gasteiger partial charge < -0.3 is 0 Å². The lowest BCUT2D eigenvalue weighted by Crippen LogP contribution is -2.45. The van der Waals surface area contributed by atoms with Crippen molar-refractivity contribution < 1.29 is 14.4 Å². The molecule has 0 saturated heterocycles. The van der Waals surface area contributed by atoms with E-state index in [1.807, 2.05) is 0 Å². The normalized spacial score (nSPS) is 14.4. The summed E-state index contributed by atoms with van der Waals surface area (Å²) >= 11 is 13.1. The predicted molar refractivity (Wildman–Crippen MR) is 104 cm³/mol. The molecule has 0 fully saturated rings. The lowest BCUT2D eigenvalue weighted by molar-refractivity contribution is -0.119. The maximum Gasteiger partial charge on any atom is 0.262 e. The minimum Gasteiger partial charge on any atom is -0.299 e. The average molecular weight is 427 g/mol. The number of carbonyl (C=O) groups excluding carboxylic acids is 3. The van der Waals surface area contributed by atoms with Crippen LogP contribution in [0.2, 0.25) is 10.0 Å². The van der Waals surface area contributed by atoms with Crippen LogP contribution in [0.1, 0.15) is 52.4 Å². The number of nitrogens with one attached hydrogen (secondary N) is 1. The van der Waals surface area contributed by atoms with Gasteiger partial charge in [0, 0.05) is 6.42 Å². The molecule has 2 heterocycles. The van der Waals surface area contributed by atoms with Gasteiger partial charge in [0.15, 0.2) is 0 Å². The number of nitrogens with zero attached hydrogens (tertiary/aromatic N) is 3. The molecule has 1 aliphatic rings. The number of rotatable bonds is 6. The Morgan fingerprint density at radius 2 is 1.78 bits per heavy atom. The largest absolute Gasteiger partial charge is 0.299 e. The number of imide groups is 1. The Hall–Kier alpha value is -2.03. The van der Waals surface area contributed by atoms with Crippen molar-refractivity contribution in [2.45, 2.75) is 39.2 Å². The highest BCUT2D eigenvalue weighted by Gasteiger charge is 2.41. The van der Waals surface area contributed by atoms with E-state index < -0.39 is 23.8 Å². The molecule has 1 aromatic heterocycles. The summed E-state index contributed by atoms with van der Waals surface area (Å²) in [5.41, 5.74) is 0.263. The van der Waals surface area contributed by atoms with Crippen molar-refractivity contribution in [1.29, 1.82) is 0 Å². The van der Waals surface area contributed by atoms with Crippen LogP contribution in [0.5, 0.6) is 0 Å². The van der Waals surface area contributed by atoms with E-state index >= 15 is 0 Å². The second-order valence-corrected chi connectivity index (χ2v) is 7.94. The van der Waals surface area contributed by atoms with Crippen molar-refractivity contribution in [2.75, 3.05) is 5.32 Å². The van der Waals surface area contributed by atoms with Crippen LogP contribution < -0.4 is 5.32 Å². The van der Waals surface area contributed by atoms with E-state index in [0.717, 1.165) is 29.2 Å². The first-order valence-electron chi connectivity index (χ1n) is 8.33. The van der Waals surface area contributed by atoms with Crippen LogP contribution in [0.4, 0.5) is 5.13 Å². The van der Waals surface area contributed by atoms with Crippen LogP contribution in [0.3, 0.4) is 0 Å². The topological polar surface area (TPSA) is 92.3 Å². The molecule has 3 rings (SSSR count). The summed E-state index contributed by atoms with van der Waals surface area (Å²) in [7, 11) is 0. The Morgan fingerprint density at radius 3 is 2.33 bits per heavy atom. The first kappa shape index (κ1) is 19.7. The Morgan fingerprint density at radius 1 is 1.19 bits per heavy atom. The summed E-state index contributed by atoms with van der Waals surface area (Å²) in [6, 6.07) is 1.65. The summed E-state index contributed by atoms with van der Waals surface area (Å²) in [6.07, 6.45) is 2.81. The van der Waals surface area contributed by atoms with E-state index in [2.05, 4.69) is 22.4 Å². The molecule has 0 radical (unpaired) electrons. The lowest BCUT2D eigenvalue weighted by Gasteiger charge is -2.20. The summed E-state index contributed by atoms with van der Waals surface area (Å²) in [5.74, 6) is -1.70. The van der Waals surface area contributed by atoms with Gasteiger partial charge in [-0.1, -0.05) is 47.9 Å². The van der Waals surface area contributed by atoms with Crippen LogP contribution in [0.25, 0.3) is 0 Å². The fraction of sp³-hybridized carbons (Fsp3) is 0.353. The van der Waals surface area contributed by atoms with E-state index in [-0.39, 0.29) is 21.2 Å². The molecular formula is C17H16Cl2N4O3S. The first-order chi connectivity index (χ1) is 12.8. The van der Waals surface area contributed by atoms with E-state index in [0.29, 0.717) is 5.13 Å². The number of carbonyl (C=O) groups is 3. The summed E-state index contributed by atoms with van der Waals surface area (Å²) in [6.45, 7) is 3.55. The minimum atomic E-state index is -1.03. The van der Waals surface area contributed by atoms with Crippen molar-refractivity contribution in [2.24, 2.45) is 0 Å². The summed E-state index contributed by atoms with van der Waals surface area (Å²) in [4.78, 5) is 38.6. The number of aromatic nitrogens is 2. The Kier molecular flexibility index (Phi) is 5.78. The van der Waals surface area contributed by atoms with Crippen LogP contribution in [0, 0.1) is 0 Å². The molecule has 3 amide bonds. The molecular weight excluding hydrogens is 411 g/mol. The molecule has 2 aromatic rings. The van der Waals surface area contributed by atoms with E-state index in [1.54, 1.807) is 0 Å².